The molecule has 0 radical (unpaired) electrons. The van der Waals surface area contributed by atoms with E-state index in [1.54, 1.807) is 18.5 Å². The Morgan fingerprint density at radius 3 is 2.74 bits per heavy atom. The summed E-state index contributed by atoms with van der Waals surface area (Å²) in [5.41, 5.74) is 0. The summed E-state index contributed by atoms with van der Waals surface area (Å²) in [6, 6.07) is 3.05. The highest BCUT2D eigenvalue weighted by Crippen LogP contribution is 2.27. The minimum absolute atomic E-state index is 0.309. The van der Waals surface area contributed by atoms with E-state index in [-0.39, 0.29) is 5.82 Å². The summed E-state index contributed by atoms with van der Waals surface area (Å²) in [4.78, 5) is 9.97. The topological polar surface area (TPSA) is 38.2 Å². The average Bonchev–Trinajstić information content (AvgIpc) is 2.55. The fraction of sp³-hybridized carbons (Fsp3) is 0.375. The lowest BCUT2D eigenvalue weighted by Gasteiger charge is -2.32. The lowest BCUT2D eigenvalue weighted by Crippen LogP contribution is -2.36. The molecule has 0 amide bonds. The predicted molar refractivity (Wildman–Crippen MR) is 88.9 cm³/mol. The second kappa shape index (κ2) is 7.32. The van der Waals surface area contributed by atoms with Gasteiger partial charge in [0.25, 0.3) is 0 Å². The van der Waals surface area contributed by atoms with Crippen LogP contribution in [0.1, 0.15) is 12.8 Å². The van der Waals surface area contributed by atoms with Crippen LogP contribution in [0.3, 0.4) is 0 Å². The second-order valence-corrected chi connectivity index (χ2v) is 6.35. The molecule has 4 nitrogen and oxygen atoms in total. The van der Waals surface area contributed by atoms with Gasteiger partial charge in [-0.05, 0) is 24.8 Å². The van der Waals surface area contributed by atoms with Gasteiger partial charge in [0.2, 0.25) is 0 Å². The van der Waals surface area contributed by atoms with Gasteiger partial charge < -0.3 is 9.64 Å². The number of halogens is 3. The number of aromatic nitrogens is 2. The maximum atomic E-state index is 13.9. The van der Waals surface area contributed by atoms with Gasteiger partial charge in [0.15, 0.2) is 11.6 Å². The van der Waals surface area contributed by atoms with Crippen molar-refractivity contribution in [3.05, 3.63) is 46.6 Å². The van der Waals surface area contributed by atoms with E-state index in [2.05, 4.69) is 9.97 Å². The van der Waals surface area contributed by atoms with Gasteiger partial charge in [-0.3, -0.25) is 4.98 Å². The van der Waals surface area contributed by atoms with Crippen LogP contribution in [0.4, 0.5) is 10.2 Å². The molecule has 0 aliphatic carbocycles. The first-order chi connectivity index (χ1) is 11.1. The van der Waals surface area contributed by atoms with Gasteiger partial charge in [-0.2, -0.15) is 0 Å². The molecule has 0 unspecified atom stereocenters. The SMILES string of the molecule is Fc1cc(Cl)cnc1N1CCC(COc2ccncc2Cl)CC1. The van der Waals surface area contributed by atoms with Crippen molar-refractivity contribution in [1.82, 2.24) is 9.97 Å². The molecule has 0 bridgehead atoms. The summed E-state index contributed by atoms with van der Waals surface area (Å²) in [5, 5.41) is 0.820. The zero-order chi connectivity index (χ0) is 16.2. The van der Waals surface area contributed by atoms with Gasteiger partial charge in [-0.25, -0.2) is 9.37 Å². The van der Waals surface area contributed by atoms with Crippen molar-refractivity contribution in [2.24, 2.45) is 5.92 Å². The molecule has 2 aromatic heterocycles. The third kappa shape index (κ3) is 4.03. The number of ether oxygens (including phenoxy) is 1. The highest BCUT2D eigenvalue weighted by Gasteiger charge is 2.23. The maximum Gasteiger partial charge on any atom is 0.167 e. The van der Waals surface area contributed by atoms with Crippen LogP contribution in [0.5, 0.6) is 5.75 Å². The van der Waals surface area contributed by atoms with Crippen molar-refractivity contribution in [3.8, 4) is 5.75 Å². The molecule has 0 N–H and O–H groups in total. The second-order valence-electron chi connectivity index (χ2n) is 5.51. The summed E-state index contributed by atoms with van der Waals surface area (Å²) in [7, 11) is 0. The van der Waals surface area contributed by atoms with Crippen molar-refractivity contribution in [3.63, 3.8) is 0 Å². The van der Waals surface area contributed by atoms with Gasteiger partial charge in [0, 0.05) is 37.7 Å². The van der Waals surface area contributed by atoms with Crippen molar-refractivity contribution in [2.75, 3.05) is 24.6 Å². The van der Waals surface area contributed by atoms with Crippen LogP contribution in [0.25, 0.3) is 0 Å². The van der Waals surface area contributed by atoms with Crippen LogP contribution in [0.15, 0.2) is 30.7 Å². The number of pyridine rings is 2. The average molecular weight is 356 g/mol. The number of hydrogen-bond acceptors (Lipinski definition) is 4. The Morgan fingerprint density at radius 2 is 2.04 bits per heavy atom. The summed E-state index contributed by atoms with van der Waals surface area (Å²) in [5.74, 6) is 1.04. The fourth-order valence-electron chi connectivity index (χ4n) is 2.64. The number of hydrogen-bond donors (Lipinski definition) is 0. The summed E-state index contributed by atoms with van der Waals surface area (Å²) in [6.07, 6.45) is 6.51. The van der Waals surface area contributed by atoms with E-state index in [9.17, 15) is 4.39 Å². The van der Waals surface area contributed by atoms with E-state index in [0.717, 1.165) is 25.9 Å². The smallest absolute Gasteiger partial charge is 0.167 e. The van der Waals surface area contributed by atoms with Crippen molar-refractivity contribution in [1.29, 1.82) is 0 Å². The molecule has 0 atom stereocenters. The highest BCUT2D eigenvalue weighted by atomic mass is 35.5. The summed E-state index contributed by atoms with van der Waals surface area (Å²) in [6.45, 7) is 2.07. The molecule has 23 heavy (non-hydrogen) atoms. The van der Waals surface area contributed by atoms with E-state index in [1.807, 2.05) is 4.90 Å². The van der Waals surface area contributed by atoms with Crippen molar-refractivity contribution in [2.45, 2.75) is 12.8 Å². The van der Waals surface area contributed by atoms with E-state index >= 15 is 0 Å². The molecular formula is C16H16Cl2FN3O. The Bertz CT molecular complexity index is 678. The molecule has 1 saturated heterocycles. The number of rotatable bonds is 4. The zero-order valence-corrected chi connectivity index (χ0v) is 13.9. The van der Waals surface area contributed by atoms with Crippen LogP contribution < -0.4 is 9.64 Å². The van der Waals surface area contributed by atoms with E-state index in [1.165, 1.54) is 12.3 Å². The molecule has 0 aromatic carbocycles. The molecule has 7 heteroatoms. The van der Waals surface area contributed by atoms with Crippen LogP contribution >= 0.6 is 23.2 Å². The molecular weight excluding hydrogens is 340 g/mol. The Kier molecular flexibility index (Phi) is 5.18. The van der Waals surface area contributed by atoms with Gasteiger partial charge in [0.05, 0.1) is 11.6 Å². The van der Waals surface area contributed by atoms with Gasteiger partial charge >= 0.3 is 0 Å². The predicted octanol–water partition coefficient (Wildman–Crippen LogP) is 4.22. The maximum absolute atomic E-state index is 13.9. The molecule has 0 saturated carbocycles. The molecule has 122 valence electrons. The van der Waals surface area contributed by atoms with Gasteiger partial charge in [-0.1, -0.05) is 23.2 Å². The fourth-order valence-corrected chi connectivity index (χ4v) is 2.96. The normalized spacial score (nSPS) is 15.7. The highest BCUT2D eigenvalue weighted by molar-refractivity contribution is 6.31. The minimum Gasteiger partial charge on any atom is -0.492 e. The Balaban J connectivity index is 1.53. The minimum atomic E-state index is -0.379. The molecule has 0 spiro atoms. The first kappa shape index (κ1) is 16.3. The Labute approximate surface area is 144 Å². The monoisotopic (exact) mass is 355 g/mol. The van der Waals surface area contributed by atoms with Crippen LogP contribution in [0.2, 0.25) is 10.0 Å². The molecule has 3 heterocycles. The lowest BCUT2D eigenvalue weighted by molar-refractivity contribution is 0.222. The Morgan fingerprint density at radius 1 is 1.26 bits per heavy atom. The van der Waals surface area contributed by atoms with Crippen LogP contribution in [-0.2, 0) is 0 Å². The van der Waals surface area contributed by atoms with Crippen molar-refractivity contribution < 1.29 is 9.13 Å². The van der Waals surface area contributed by atoms with Crippen LogP contribution in [-0.4, -0.2) is 29.7 Å². The summed E-state index contributed by atoms with van der Waals surface area (Å²) >= 11 is 11.8. The number of nitrogens with zero attached hydrogens (tertiary/aromatic N) is 3. The number of anilines is 1. The van der Waals surface area contributed by atoms with Gasteiger partial charge in [-0.15, -0.1) is 0 Å². The largest absolute Gasteiger partial charge is 0.492 e. The van der Waals surface area contributed by atoms with E-state index in [4.69, 9.17) is 27.9 Å². The third-order valence-electron chi connectivity index (χ3n) is 3.91. The Hall–Kier alpha value is -1.59. The summed E-state index contributed by atoms with van der Waals surface area (Å²) < 4.78 is 19.7. The molecule has 2 aromatic rings. The van der Waals surface area contributed by atoms with Crippen LogP contribution in [0, 0.1) is 11.7 Å². The first-order valence-electron chi connectivity index (χ1n) is 7.42. The van der Waals surface area contributed by atoms with E-state index in [0.29, 0.717) is 34.1 Å². The zero-order valence-electron chi connectivity index (χ0n) is 12.4. The quantitative estimate of drug-likeness (QED) is 0.822. The molecule has 1 aliphatic heterocycles. The molecule has 3 rings (SSSR count). The van der Waals surface area contributed by atoms with Gasteiger partial charge in [0.1, 0.15) is 10.8 Å². The number of piperidine rings is 1. The standard InChI is InChI=1S/C16H16Cl2FN3O/c17-12-7-14(19)16(21-8-12)22-5-2-11(3-6-22)10-23-15-1-4-20-9-13(15)18/h1,4,7-9,11H,2-3,5-6,10H2. The lowest BCUT2D eigenvalue weighted by atomic mass is 9.98. The third-order valence-corrected chi connectivity index (χ3v) is 4.40. The molecule has 1 fully saturated rings. The van der Waals surface area contributed by atoms with E-state index < -0.39 is 0 Å². The molecule has 1 aliphatic rings. The first-order valence-corrected chi connectivity index (χ1v) is 8.17. The van der Waals surface area contributed by atoms with Crippen molar-refractivity contribution >= 4 is 29.0 Å².